The second-order valence-corrected chi connectivity index (χ2v) is 49.1. The van der Waals surface area contributed by atoms with E-state index in [1.807, 2.05) is 0 Å². The molecule has 0 saturated carbocycles. The average molecular weight is 556 g/mol. The zero-order valence-corrected chi connectivity index (χ0v) is 18.5. The van der Waals surface area contributed by atoms with Gasteiger partial charge in [0.1, 0.15) is 0 Å². The van der Waals surface area contributed by atoms with Gasteiger partial charge in [0.25, 0.3) is 0 Å². The Balaban J connectivity index is 3.10. The number of aliphatic hydroxyl groups is 1. The van der Waals surface area contributed by atoms with Gasteiger partial charge in [-0.1, -0.05) is 0 Å². The molecule has 0 aliphatic rings. The molecule has 0 aromatic rings. The summed E-state index contributed by atoms with van der Waals surface area (Å²) < 4.78 is 26.8. The molecule has 132 valence electrons. The molecular weight excluding hydrogens is 528 g/mol. The van der Waals surface area contributed by atoms with E-state index in [2.05, 4.69) is 35.5 Å². The van der Waals surface area contributed by atoms with E-state index >= 15 is 0 Å². The van der Waals surface area contributed by atoms with Crippen molar-refractivity contribution in [3.63, 3.8) is 0 Å². The van der Waals surface area contributed by atoms with E-state index in [1.54, 1.807) is 0 Å². The third-order valence-electron chi connectivity index (χ3n) is 2.03. The standard InChI is InChI=1S/C12H28Br2O6Te/c1-21(2,13,14)20-12-11-19-10-9-18-8-7-17-6-5-16-4-3-15/h15,21H,3-12H2,1-2H3. The average Bonchev–Trinajstić information content (AvgIpc) is 2.37. The number of ether oxygens (including phenoxy) is 4. The van der Waals surface area contributed by atoms with Crippen molar-refractivity contribution in [3.8, 4) is 0 Å². The van der Waals surface area contributed by atoms with Crippen LogP contribution in [0.3, 0.4) is 0 Å². The summed E-state index contributed by atoms with van der Waals surface area (Å²) in [4.78, 5) is 4.15. The molecule has 0 saturated heterocycles. The zero-order valence-electron chi connectivity index (χ0n) is 12.8. The van der Waals surface area contributed by atoms with Crippen LogP contribution in [0.4, 0.5) is 0 Å². The molecule has 0 heterocycles. The smallest absolute Gasteiger partial charge is 0.394 e. The summed E-state index contributed by atoms with van der Waals surface area (Å²) in [7, 11) is 0. The van der Waals surface area contributed by atoms with Gasteiger partial charge < -0.3 is 9.84 Å². The fourth-order valence-corrected chi connectivity index (χ4v) is 4.77. The van der Waals surface area contributed by atoms with Crippen molar-refractivity contribution in [3.05, 3.63) is 0 Å². The van der Waals surface area contributed by atoms with E-state index in [9.17, 15) is 0 Å². The zero-order chi connectivity index (χ0) is 16.1. The summed E-state index contributed by atoms with van der Waals surface area (Å²) >= 11 is 4.22. The van der Waals surface area contributed by atoms with E-state index in [0.29, 0.717) is 59.5 Å². The quantitative estimate of drug-likeness (QED) is 0.245. The molecule has 0 rings (SSSR count). The van der Waals surface area contributed by atoms with Crippen molar-refractivity contribution in [2.75, 3.05) is 66.1 Å². The number of hydrogen-bond donors (Lipinski definition) is 1. The van der Waals surface area contributed by atoms with Gasteiger partial charge in [-0.2, -0.15) is 0 Å². The van der Waals surface area contributed by atoms with Crippen LogP contribution in [0, 0.1) is 0 Å². The van der Waals surface area contributed by atoms with Crippen LogP contribution in [0.1, 0.15) is 0 Å². The topological polar surface area (TPSA) is 66.4 Å². The predicted octanol–water partition coefficient (Wildman–Crippen LogP) is 1.74. The Kier molecular flexibility index (Phi) is 13.8. The first-order valence-corrected chi connectivity index (χ1v) is 24.4. The summed E-state index contributed by atoms with van der Waals surface area (Å²) in [5.74, 6) is 0. The van der Waals surface area contributed by atoms with Gasteiger partial charge in [-0.15, -0.1) is 0 Å². The summed E-state index contributed by atoms with van der Waals surface area (Å²) in [6, 6.07) is 0. The molecule has 0 aliphatic heterocycles. The Morgan fingerprint density at radius 2 is 1.00 bits per heavy atom. The number of hydrogen-bond acceptors (Lipinski definition) is 6. The van der Waals surface area contributed by atoms with Crippen molar-refractivity contribution in [2.45, 2.75) is 9.94 Å². The second kappa shape index (κ2) is 12.9. The summed E-state index contributed by atoms with van der Waals surface area (Å²) in [6.07, 6.45) is 0. The Bertz CT molecular complexity index is 240. The van der Waals surface area contributed by atoms with Crippen LogP contribution >= 0.6 is 25.5 Å². The molecule has 0 unspecified atom stereocenters. The van der Waals surface area contributed by atoms with E-state index in [1.165, 1.54) is 0 Å². The first-order valence-electron chi connectivity index (χ1n) is 6.83. The van der Waals surface area contributed by atoms with Crippen molar-refractivity contribution < 1.29 is 27.2 Å². The van der Waals surface area contributed by atoms with Gasteiger partial charge in [0.2, 0.25) is 0 Å². The Morgan fingerprint density at radius 3 is 1.33 bits per heavy atom. The van der Waals surface area contributed by atoms with Crippen molar-refractivity contribution in [1.29, 1.82) is 0 Å². The number of rotatable bonds is 15. The van der Waals surface area contributed by atoms with E-state index < -0.39 is 12.8 Å². The molecule has 0 atom stereocenters. The second-order valence-electron chi connectivity index (χ2n) is 4.70. The number of halogens is 2. The molecule has 6 nitrogen and oxygen atoms in total. The van der Waals surface area contributed by atoms with Crippen molar-refractivity contribution in [2.24, 2.45) is 0 Å². The third kappa shape index (κ3) is 21.5. The molecule has 1 N–H and O–H groups in total. The van der Waals surface area contributed by atoms with Crippen LogP contribution in [0.2, 0.25) is 9.94 Å². The molecule has 9 heteroatoms. The van der Waals surface area contributed by atoms with Gasteiger partial charge in [0, 0.05) is 0 Å². The maximum absolute atomic E-state index is 8.49. The fourth-order valence-electron chi connectivity index (χ4n) is 1.17. The monoisotopic (exact) mass is 556 g/mol. The van der Waals surface area contributed by atoms with Gasteiger partial charge in [-0.05, 0) is 0 Å². The SMILES string of the molecule is C[TeH](C)(Br)(Br)OCCOCCOCCOCCOCCO. The van der Waals surface area contributed by atoms with Gasteiger partial charge >= 0.3 is 118 Å². The molecule has 0 bridgehead atoms. The summed E-state index contributed by atoms with van der Waals surface area (Å²) in [5, 5.41) is 8.49. The van der Waals surface area contributed by atoms with Gasteiger partial charge in [-0.3, -0.25) is 0 Å². The molecule has 0 fully saturated rings. The molecule has 0 radical (unpaired) electrons. The van der Waals surface area contributed by atoms with Crippen LogP contribution in [-0.4, -0.2) is 84.0 Å². The van der Waals surface area contributed by atoms with Crippen LogP contribution in [0.15, 0.2) is 0 Å². The molecule has 21 heavy (non-hydrogen) atoms. The summed E-state index contributed by atoms with van der Waals surface area (Å²) in [6.45, 7) is 4.68. The van der Waals surface area contributed by atoms with E-state index in [0.717, 1.165) is 0 Å². The third-order valence-corrected chi connectivity index (χ3v) is 7.33. The Labute approximate surface area is 140 Å². The van der Waals surface area contributed by atoms with Gasteiger partial charge in [-0.25, -0.2) is 0 Å². The van der Waals surface area contributed by atoms with E-state index in [-0.39, 0.29) is 6.61 Å². The summed E-state index contributed by atoms with van der Waals surface area (Å²) in [5.41, 5.74) is 0. The van der Waals surface area contributed by atoms with Gasteiger partial charge in [0.15, 0.2) is 0 Å². The predicted molar refractivity (Wildman–Crippen MR) is 93.0 cm³/mol. The maximum atomic E-state index is 8.49. The Morgan fingerprint density at radius 1 is 0.667 bits per heavy atom. The van der Waals surface area contributed by atoms with Crippen LogP contribution in [0.5, 0.6) is 0 Å². The fraction of sp³-hybridized carbons (Fsp3) is 1.00. The first kappa shape index (κ1) is 22.5. The minimum absolute atomic E-state index is 0.0421. The van der Waals surface area contributed by atoms with Crippen molar-refractivity contribution >= 4 is 38.3 Å². The van der Waals surface area contributed by atoms with E-state index in [4.69, 9.17) is 27.2 Å². The molecule has 0 spiro atoms. The molecular formula is C12H28Br2O6Te. The van der Waals surface area contributed by atoms with Crippen molar-refractivity contribution in [1.82, 2.24) is 0 Å². The minimum Gasteiger partial charge on any atom is -0.394 e. The van der Waals surface area contributed by atoms with Crippen LogP contribution in [0.25, 0.3) is 0 Å². The normalized spacial score (nSPS) is 14.0. The molecule has 0 amide bonds. The van der Waals surface area contributed by atoms with Crippen LogP contribution < -0.4 is 0 Å². The first-order chi connectivity index (χ1) is 9.81. The number of aliphatic hydroxyl groups excluding tert-OH is 1. The molecule has 0 aromatic carbocycles. The molecule has 0 aromatic heterocycles. The van der Waals surface area contributed by atoms with Crippen LogP contribution in [-0.2, 0) is 22.0 Å². The molecule has 0 aliphatic carbocycles. The Hall–Kier alpha value is 1.51. The minimum atomic E-state index is -2.98. The van der Waals surface area contributed by atoms with Gasteiger partial charge in [0.05, 0.1) is 13.2 Å².